The lowest BCUT2D eigenvalue weighted by atomic mass is 10.3. The summed E-state index contributed by atoms with van der Waals surface area (Å²) in [6.45, 7) is 0. The number of nitrogens with zero attached hydrogens (tertiary/aromatic N) is 2. The molecule has 62 valence electrons. The topological polar surface area (TPSA) is 58.9 Å². The van der Waals surface area contributed by atoms with Crippen molar-refractivity contribution in [1.29, 1.82) is 0 Å². The van der Waals surface area contributed by atoms with E-state index in [4.69, 9.17) is 0 Å². The standard InChI is InChI=1S/C6H4N2O2S2/c9-11-7-5-3-1-2-4-6(5)8-12-10/h1-4H. The molecule has 0 fully saturated rings. The SMILES string of the molecule is O=S=Nc1ccccc1N=S=O. The Hall–Kier alpha value is -1.14. The minimum absolute atomic E-state index is 0.0984. The fourth-order valence-electron chi connectivity index (χ4n) is 0.699. The zero-order chi connectivity index (χ0) is 8.81. The van der Waals surface area contributed by atoms with E-state index in [2.05, 4.69) is 8.73 Å². The molecule has 0 radical (unpaired) electrons. The highest BCUT2D eigenvalue weighted by molar-refractivity contribution is 7.55. The van der Waals surface area contributed by atoms with E-state index in [0.717, 1.165) is 0 Å². The summed E-state index contributed by atoms with van der Waals surface area (Å²) < 4.78 is 27.2. The van der Waals surface area contributed by atoms with E-state index in [-0.39, 0.29) is 22.9 Å². The molecule has 0 aromatic heterocycles. The lowest BCUT2D eigenvalue weighted by Gasteiger charge is -1.92. The van der Waals surface area contributed by atoms with E-state index in [1.165, 1.54) is 0 Å². The molecule has 0 heterocycles. The van der Waals surface area contributed by atoms with Gasteiger partial charge in [-0.2, -0.15) is 17.1 Å². The zero-order valence-electron chi connectivity index (χ0n) is 5.84. The van der Waals surface area contributed by atoms with E-state index in [9.17, 15) is 8.42 Å². The van der Waals surface area contributed by atoms with Gasteiger partial charge in [-0.25, -0.2) is 0 Å². The van der Waals surface area contributed by atoms with Gasteiger partial charge in [0, 0.05) is 0 Å². The molecule has 0 aliphatic rings. The molecule has 0 saturated carbocycles. The van der Waals surface area contributed by atoms with Crippen molar-refractivity contribution in [2.45, 2.75) is 0 Å². The summed E-state index contributed by atoms with van der Waals surface area (Å²) in [6, 6.07) is 6.70. The Morgan fingerprint density at radius 3 is 1.67 bits per heavy atom. The van der Waals surface area contributed by atoms with Gasteiger partial charge in [-0.3, -0.25) is 0 Å². The van der Waals surface area contributed by atoms with Crippen molar-refractivity contribution in [1.82, 2.24) is 0 Å². The maximum atomic E-state index is 10.1. The maximum Gasteiger partial charge on any atom is 0.205 e. The van der Waals surface area contributed by atoms with E-state index >= 15 is 0 Å². The van der Waals surface area contributed by atoms with Crippen molar-refractivity contribution in [3.05, 3.63) is 24.3 Å². The molecule has 0 saturated heterocycles. The molecule has 0 amide bonds. The second-order valence-electron chi connectivity index (χ2n) is 1.82. The van der Waals surface area contributed by atoms with Crippen LogP contribution in [0.5, 0.6) is 0 Å². The summed E-state index contributed by atoms with van der Waals surface area (Å²) >= 11 is 0.197. The van der Waals surface area contributed by atoms with Crippen molar-refractivity contribution >= 4 is 34.3 Å². The normalized spacial score (nSPS) is 8.67. The highest BCUT2D eigenvalue weighted by Gasteiger charge is 1.96. The highest BCUT2D eigenvalue weighted by Crippen LogP contribution is 2.26. The Morgan fingerprint density at radius 1 is 0.917 bits per heavy atom. The summed E-state index contributed by atoms with van der Waals surface area (Å²) in [6.07, 6.45) is 0. The van der Waals surface area contributed by atoms with Gasteiger partial charge in [-0.05, 0) is 12.1 Å². The molecule has 1 aromatic rings. The summed E-state index contributed by atoms with van der Waals surface area (Å²) in [5.74, 6) is 0. The van der Waals surface area contributed by atoms with E-state index < -0.39 is 0 Å². The molecule has 0 N–H and O–H groups in total. The van der Waals surface area contributed by atoms with Crippen LogP contribution in [0.2, 0.25) is 0 Å². The molecule has 0 unspecified atom stereocenters. The fourth-order valence-corrected chi connectivity index (χ4v) is 1.17. The average Bonchev–Trinajstić information content (AvgIpc) is 2.09. The van der Waals surface area contributed by atoms with Crippen LogP contribution in [-0.4, -0.2) is 8.42 Å². The molecule has 1 rings (SSSR count). The Kier molecular flexibility index (Phi) is 3.49. The molecule has 0 aliphatic heterocycles. The van der Waals surface area contributed by atoms with Gasteiger partial charge in [0.05, 0.1) is 0 Å². The predicted molar refractivity (Wildman–Crippen MR) is 46.9 cm³/mol. The summed E-state index contributed by atoms with van der Waals surface area (Å²) in [4.78, 5) is 0. The van der Waals surface area contributed by atoms with Gasteiger partial charge in [0.25, 0.3) is 0 Å². The average molecular weight is 200 g/mol. The third kappa shape index (κ3) is 2.18. The molecule has 6 heteroatoms. The lowest BCUT2D eigenvalue weighted by molar-refractivity contribution is 0.697. The Balaban J connectivity index is 3.25. The molecule has 4 nitrogen and oxygen atoms in total. The molecule has 1 aromatic carbocycles. The largest absolute Gasteiger partial charge is 0.205 e. The smallest absolute Gasteiger partial charge is 0.191 e. The third-order valence-electron chi connectivity index (χ3n) is 1.15. The van der Waals surface area contributed by atoms with Crippen molar-refractivity contribution in [3.63, 3.8) is 0 Å². The van der Waals surface area contributed by atoms with E-state index in [1.54, 1.807) is 24.3 Å². The van der Waals surface area contributed by atoms with E-state index in [1.807, 2.05) is 0 Å². The molecule has 0 aliphatic carbocycles. The molecule has 12 heavy (non-hydrogen) atoms. The third-order valence-corrected chi connectivity index (χ3v) is 1.70. The summed E-state index contributed by atoms with van der Waals surface area (Å²) in [5, 5.41) is 0. The van der Waals surface area contributed by atoms with Crippen molar-refractivity contribution in [2.24, 2.45) is 8.73 Å². The highest BCUT2D eigenvalue weighted by atomic mass is 32.1. The first-order valence-electron chi connectivity index (χ1n) is 2.97. The first-order valence-corrected chi connectivity index (χ1v) is 4.37. The first kappa shape index (κ1) is 8.95. The van der Waals surface area contributed by atoms with E-state index in [0.29, 0.717) is 11.4 Å². The minimum Gasteiger partial charge on any atom is -0.191 e. The van der Waals surface area contributed by atoms with Gasteiger partial charge in [-0.15, -0.1) is 0 Å². The fraction of sp³-hybridized carbons (Fsp3) is 0. The van der Waals surface area contributed by atoms with Gasteiger partial charge in [0.1, 0.15) is 11.4 Å². The molecule has 0 atom stereocenters. The number of hydrogen-bond acceptors (Lipinski definition) is 4. The quantitative estimate of drug-likeness (QED) is 0.730. The molecule has 0 bridgehead atoms. The van der Waals surface area contributed by atoms with Crippen molar-refractivity contribution in [3.8, 4) is 0 Å². The van der Waals surface area contributed by atoms with Crippen molar-refractivity contribution < 1.29 is 8.42 Å². The number of rotatable bonds is 2. The van der Waals surface area contributed by atoms with Gasteiger partial charge in [0.15, 0.2) is 0 Å². The van der Waals surface area contributed by atoms with Gasteiger partial charge in [-0.1, -0.05) is 12.1 Å². The van der Waals surface area contributed by atoms with Crippen LogP contribution in [-0.2, 0) is 22.9 Å². The lowest BCUT2D eigenvalue weighted by Crippen LogP contribution is -1.64. The van der Waals surface area contributed by atoms with Crippen molar-refractivity contribution in [2.75, 3.05) is 0 Å². The monoisotopic (exact) mass is 200 g/mol. The second-order valence-corrected chi connectivity index (χ2v) is 2.48. The minimum atomic E-state index is 0.0984. The number of hydrogen-bond donors (Lipinski definition) is 0. The van der Waals surface area contributed by atoms with Crippen LogP contribution in [0.25, 0.3) is 0 Å². The van der Waals surface area contributed by atoms with Gasteiger partial charge in [0.2, 0.25) is 22.9 Å². The Bertz CT molecular complexity index is 344. The Morgan fingerprint density at radius 2 is 1.33 bits per heavy atom. The van der Waals surface area contributed by atoms with Crippen LogP contribution in [0.15, 0.2) is 33.0 Å². The molecular formula is C6H4N2O2S2. The van der Waals surface area contributed by atoms with Gasteiger partial charge >= 0.3 is 0 Å². The van der Waals surface area contributed by atoms with Crippen LogP contribution in [0.4, 0.5) is 11.4 Å². The Labute approximate surface area is 76.1 Å². The second kappa shape index (κ2) is 4.68. The zero-order valence-corrected chi connectivity index (χ0v) is 7.47. The van der Waals surface area contributed by atoms with Crippen LogP contribution in [0, 0.1) is 0 Å². The summed E-state index contributed by atoms with van der Waals surface area (Å²) in [7, 11) is 0. The predicted octanol–water partition coefficient (Wildman–Crippen LogP) is 1.74. The summed E-state index contributed by atoms with van der Waals surface area (Å²) in [5.41, 5.74) is 0.863. The van der Waals surface area contributed by atoms with Crippen LogP contribution < -0.4 is 0 Å². The maximum absolute atomic E-state index is 10.1. The van der Waals surface area contributed by atoms with Gasteiger partial charge < -0.3 is 0 Å². The van der Waals surface area contributed by atoms with Crippen LogP contribution in [0.1, 0.15) is 0 Å². The van der Waals surface area contributed by atoms with Crippen LogP contribution >= 0.6 is 0 Å². The molecular weight excluding hydrogens is 196 g/mol. The van der Waals surface area contributed by atoms with Crippen LogP contribution in [0.3, 0.4) is 0 Å². The number of benzene rings is 1. The first-order chi connectivity index (χ1) is 5.88. The molecule has 0 spiro atoms.